The van der Waals surface area contributed by atoms with Crippen LogP contribution in [0.3, 0.4) is 0 Å². The maximum Gasteiger partial charge on any atom is 0.275 e. The molecule has 1 unspecified atom stereocenters. The number of nitro groups is 1. The van der Waals surface area contributed by atoms with E-state index in [0.29, 0.717) is 13.1 Å². The van der Waals surface area contributed by atoms with Crippen molar-refractivity contribution >= 4 is 27.3 Å². The molecular formula is C14H18ClN3O4S. The van der Waals surface area contributed by atoms with Crippen LogP contribution in [0.2, 0.25) is 5.02 Å². The summed E-state index contributed by atoms with van der Waals surface area (Å²) in [6.45, 7) is 4.10. The van der Waals surface area contributed by atoms with Gasteiger partial charge in [-0.25, -0.2) is 8.42 Å². The first kappa shape index (κ1) is 16.6. The Morgan fingerprint density at radius 3 is 2.74 bits per heavy atom. The summed E-state index contributed by atoms with van der Waals surface area (Å²) >= 11 is 6.00. The predicted octanol–water partition coefficient (Wildman–Crippen LogP) is 1.93. The summed E-state index contributed by atoms with van der Waals surface area (Å²) in [5.74, 6) is 0. The van der Waals surface area contributed by atoms with Crippen molar-refractivity contribution in [1.29, 1.82) is 0 Å². The zero-order valence-electron chi connectivity index (χ0n) is 12.7. The van der Waals surface area contributed by atoms with Crippen molar-refractivity contribution in [2.24, 2.45) is 5.41 Å². The van der Waals surface area contributed by atoms with Crippen LogP contribution < -0.4 is 5.32 Å². The summed E-state index contributed by atoms with van der Waals surface area (Å²) in [5.41, 5.74) is -0.00551. The number of sulfonamides is 1. The smallest absolute Gasteiger partial charge is 0.275 e. The fourth-order valence-electron chi connectivity index (χ4n) is 3.37. The van der Waals surface area contributed by atoms with Gasteiger partial charge in [0.05, 0.1) is 14.8 Å². The summed E-state index contributed by atoms with van der Waals surface area (Å²) in [6, 6.07) is 2.41. The van der Waals surface area contributed by atoms with Gasteiger partial charge in [-0.15, -0.1) is 0 Å². The van der Waals surface area contributed by atoms with Crippen LogP contribution in [-0.2, 0) is 10.0 Å². The van der Waals surface area contributed by atoms with E-state index >= 15 is 0 Å². The maximum absolute atomic E-state index is 12.8. The molecule has 7 nitrogen and oxygen atoms in total. The minimum Gasteiger partial charge on any atom is -0.316 e. The Hall–Kier alpha value is -1.22. The highest BCUT2D eigenvalue weighted by Gasteiger charge is 2.44. The molecule has 2 saturated heterocycles. The molecule has 126 valence electrons. The van der Waals surface area contributed by atoms with Crippen LogP contribution in [0.4, 0.5) is 5.69 Å². The first-order chi connectivity index (χ1) is 10.8. The van der Waals surface area contributed by atoms with E-state index in [4.69, 9.17) is 11.6 Å². The van der Waals surface area contributed by atoms with Crippen LogP contribution >= 0.6 is 11.6 Å². The van der Waals surface area contributed by atoms with Crippen LogP contribution in [0.25, 0.3) is 0 Å². The zero-order chi connectivity index (χ0) is 16.8. The first-order valence-corrected chi connectivity index (χ1v) is 9.22. The normalized spacial score (nSPS) is 25.3. The molecular weight excluding hydrogens is 342 g/mol. The molecule has 0 radical (unpaired) electrons. The molecule has 1 aromatic carbocycles. The second kappa shape index (κ2) is 5.70. The lowest BCUT2D eigenvalue weighted by Crippen LogP contribution is -2.33. The Kier molecular flexibility index (Phi) is 4.12. The van der Waals surface area contributed by atoms with E-state index in [1.54, 1.807) is 0 Å². The highest BCUT2D eigenvalue weighted by atomic mass is 35.5. The van der Waals surface area contributed by atoms with Crippen molar-refractivity contribution in [3.05, 3.63) is 32.8 Å². The largest absolute Gasteiger partial charge is 0.316 e. The molecule has 1 aromatic rings. The first-order valence-electron chi connectivity index (χ1n) is 7.41. The quantitative estimate of drug-likeness (QED) is 0.657. The Morgan fingerprint density at radius 2 is 2.13 bits per heavy atom. The van der Waals surface area contributed by atoms with E-state index < -0.39 is 14.9 Å². The fraction of sp³-hybridized carbons (Fsp3) is 0.571. The SMILES string of the molecule is Cc1c(Cl)cc(S(=O)(=O)N2CCC3(CCNC3)C2)cc1[N+](=O)[O-]. The number of benzene rings is 1. The van der Waals surface area contributed by atoms with Gasteiger partial charge in [0.1, 0.15) is 0 Å². The third-order valence-corrected chi connectivity index (χ3v) is 7.08. The summed E-state index contributed by atoms with van der Waals surface area (Å²) < 4.78 is 27.1. The Labute approximate surface area is 139 Å². The molecule has 3 rings (SSSR count). The van der Waals surface area contributed by atoms with E-state index in [1.807, 2.05) is 0 Å². The Bertz CT molecular complexity index is 760. The third kappa shape index (κ3) is 2.84. The van der Waals surface area contributed by atoms with E-state index in [0.717, 1.165) is 32.0 Å². The second-order valence-corrected chi connectivity index (χ2v) is 8.67. The molecule has 0 aromatic heterocycles. The second-order valence-electron chi connectivity index (χ2n) is 6.32. The van der Waals surface area contributed by atoms with E-state index in [-0.39, 0.29) is 26.6 Å². The minimum absolute atomic E-state index is 0.00645. The van der Waals surface area contributed by atoms with E-state index in [2.05, 4.69) is 5.32 Å². The molecule has 23 heavy (non-hydrogen) atoms. The molecule has 2 aliphatic rings. The number of nitro benzene ring substituents is 1. The van der Waals surface area contributed by atoms with E-state index in [9.17, 15) is 18.5 Å². The molecule has 0 aliphatic carbocycles. The number of hydrogen-bond donors (Lipinski definition) is 1. The van der Waals surface area contributed by atoms with Gasteiger partial charge in [-0.1, -0.05) is 11.6 Å². The molecule has 1 N–H and O–H groups in total. The van der Waals surface area contributed by atoms with Gasteiger partial charge in [-0.05, 0) is 37.8 Å². The Balaban J connectivity index is 1.96. The van der Waals surface area contributed by atoms with Gasteiger partial charge in [0.25, 0.3) is 5.69 Å². The van der Waals surface area contributed by atoms with Crippen molar-refractivity contribution in [1.82, 2.24) is 9.62 Å². The van der Waals surface area contributed by atoms with Gasteiger partial charge in [-0.3, -0.25) is 10.1 Å². The van der Waals surface area contributed by atoms with Gasteiger partial charge >= 0.3 is 0 Å². The number of halogens is 1. The van der Waals surface area contributed by atoms with Crippen molar-refractivity contribution in [2.45, 2.75) is 24.7 Å². The number of nitrogens with zero attached hydrogens (tertiary/aromatic N) is 2. The standard InChI is InChI=1S/C14H18ClN3O4S/c1-10-12(15)6-11(7-13(10)18(19)20)23(21,22)17-5-3-14(9-17)2-4-16-8-14/h6-7,16H,2-5,8-9H2,1H3. The number of rotatable bonds is 3. The lowest BCUT2D eigenvalue weighted by molar-refractivity contribution is -0.385. The molecule has 2 fully saturated rings. The van der Waals surface area contributed by atoms with Crippen molar-refractivity contribution in [3.63, 3.8) is 0 Å². The van der Waals surface area contributed by atoms with Crippen LogP contribution in [0, 0.1) is 22.5 Å². The average molecular weight is 360 g/mol. The molecule has 1 atom stereocenters. The van der Waals surface area contributed by atoms with Crippen molar-refractivity contribution in [2.75, 3.05) is 26.2 Å². The molecule has 0 bridgehead atoms. The predicted molar refractivity (Wildman–Crippen MR) is 86.1 cm³/mol. The molecule has 0 saturated carbocycles. The molecule has 2 aliphatic heterocycles. The summed E-state index contributed by atoms with van der Waals surface area (Å²) in [6.07, 6.45) is 1.76. The van der Waals surface area contributed by atoms with Crippen LogP contribution in [-0.4, -0.2) is 43.8 Å². The minimum atomic E-state index is -3.78. The molecule has 1 spiro atoms. The van der Waals surface area contributed by atoms with Crippen LogP contribution in [0.15, 0.2) is 17.0 Å². The monoisotopic (exact) mass is 359 g/mol. The van der Waals surface area contributed by atoms with Gasteiger partial charge in [0, 0.05) is 31.3 Å². The van der Waals surface area contributed by atoms with Crippen LogP contribution in [0.5, 0.6) is 0 Å². The zero-order valence-corrected chi connectivity index (χ0v) is 14.3. The van der Waals surface area contributed by atoms with E-state index in [1.165, 1.54) is 17.3 Å². The number of hydrogen-bond acceptors (Lipinski definition) is 5. The third-order valence-electron chi connectivity index (χ3n) is 4.86. The van der Waals surface area contributed by atoms with Crippen LogP contribution in [0.1, 0.15) is 18.4 Å². The lowest BCUT2D eigenvalue weighted by Gasteiger charge is -2.22. The average Bonchev–Trinajstić information content (AvgIpc) is 3.12. The molecule has 0 amide bonds. The van der Waals surface area contributed by atoms with Gasteiger partial charge < -0.3 is 5.32 Å². The Morgan fingerprint density at radius 1 is 1.39 bits per heavy atom. The lowest BCUT2D eigenvalue weighted by atomic mass is 9.87. The molecule has 9 heteroatoms. The highest BCUT2D eigenvalue weighted by molar-refractivity contribution is 7.89. The summed E-state index contributed by atoms with van der Waals surface area (Å²) in [5, 5.41) is 14.5. The van der Waals surface area contributed by atoms with Crippen molar-refractivity contribution < 1.29 is 13.3 Å². The number of nitrogens with one attached hydrogen (secondary N) is 1. The summed E-state index contributed by atoms with van der Waals surface area (Å²) in [4.78, 5) is 10.4. The van der Waals surface area contributed by atoms with Gasteiger partial charge in [0.2, 0.25) is 10.0 Å². The van der Waals surface area contributed by atoms with Gasteiger partial charge in [-0.2, -0.15) is 4.31 Å². The van der Waals surface area contributed by atoms with Gasteiger partial charge in [0.15, 0.2) is 0 Å². The topological polar surface area (TPSA) is 92.6 Å². The fourth-order valence-corrected chi connectivity index (χ4v) is 5.25. The van der Waals surface area contributed by atoms with Crippen molar-refractivity contribution in [3.8, 4) is 0 Å². The summed E-state index contributed by atoms with van der Waals surface area (Å²) in [7, 11) is -3.78. The highest BCUT2D eigenvalue weighted by Crippen LogP contribution is 2.39. The molecule has 2 heterocycles. The maximum atomic E-state index is 12.8.